The maximum absolute atomic E-state index is 13.2. The van der Waals surface area contributed by atoms with Crippen LogP contribution in [0.1, 0.15) is 12.5 Å². The third-order valence-corrected chi connectivity index (χ3v) is 6.59. The average Bonchev–Trinajstić information content (AvgIpc) is 2.72. The number of benzene rings is 2. The summed E-state index contributed by atoms with van der Waals surface area (Å²) in [6.45, 7) is 6.01. The topological polar surface area (TPSA) is 70.2 Å². The van der Waals surface area contributed by atoms with E-state index in [2.05, 4.69) is 4.90 Å². The van der Waals surface area contributed by atoms with E-state index in [-0.39, 0.29) is 5.91 Å². The van der Waals surface area contributed by atoms with Crippen LogP contribution < -0.4 is 13.9 Å². The van der Waals surface area contributed by atoms with E-state index >= 15 is 0 Å². The van der Waals surface area contributed by atoms with Crippen LogP contribution >= 0.6 is 0 Å². The van der Waals surface area contributed by atoms with Gasteiger partial charge in [0.25, 0.3) is 0 Å². The molecule has 3 rings (SSSR count). The number of ether oxygens (including phenoxy) is 1. The molecule has 7 nitrogen and oxygen atoms in total. The largest absolute Gasteiger partial charge is 0.497 e. The fourth-order valence-corrected chi connectivity index (χ4v) is 4.97. The maximum Gasteiger partial charge on any atom is 0.246 e. The van der Waals surface area contributed by atoms with Gasteiger partial charge in [-0.15, -0.1) is 0 Å². The molecule has 0 radical (unpaired) electrons. The van der Waals surface area contributed by atoms with Crippen LogP contribution in [0.25, 0.3) is 0 Å². The number of sulfonamides is 1. The summed E-state index contributed by atoms with van der Waals surface area (Å²) < 4.78 is 31.4. The summed E-state index contributed by atoms with van der Waals surface area (Å²) in [4.78, 5) is 17.1. The first-order chi connectivity index (χ1) is 14.2. The van der Waals surface area contributed by atoms with Crippen molar-refractivity contribution in [3.63, 3.8) is 0 Å². The molecule has 1 saturated heterocycles. The number of aryl methyl sites for hydroxylation is 1. The summed E-state index contributed by atoms with van der Waals surface area (Å²) in [5.41, 5.74) is 2.53. The molecule has 0 aliphatic carbocycles. The highest BCUT2D eigenvalue weighted by Gasteiger charge is 2.33. The van der Waals surface area contributed by atoms with Crippen LogP contribution in [0.5, 0.6) is 5.75 Å². The van der Waals surface area contributed by atoms with E-state index in [4.69, 9.17) is 4.74 Å². The molecule has 8 heteroatoms. The monoisotopic (exact) mass is 431 g/mol. The molecule has 1 aliphatic heterocycles. The maximum atomic E-state index is 13.2. The van der Waals surface area contributed by atoms with Gasteiger partial charge < -0.3 is 14.5 Å². The van der Waals surface area contributed by atoms with E-state index in [1.54, 1.807) is 37.1 Å². The molecule has 1 amide bonds. The van der Waals surface area contributed by atoms with Crippen molar-refractivity contribution in [3.8, 4) is 5.75 Å². The fraction of sp³-hybridized carbons (Fsp3) is 0.409. The van der Waals surface area contributed by atoms with E-state index in [1.165, 1.54) is 4.31 Å². The van der Waals surface area contributed by atoms with Crippen molar-refractivity contribution >= 4 is 27.3 Å². The van der Waals surface area contributed by atoms with Crippen LogP contribution in [-0.4, -0.2) is 64.8 Å². The Bertz CT molecular complexity index is 984. The molecule has 0 spiro atoms. The quantitative estimate of drug-likeness (QED) is 0.703. The van der Waals surface area contributed by atoms with Crippen molar-refractivity contribution in [2.75, 3.05) is 48.7 Å². The Labute approximate surface area is 178 Å². The Morgan fingerprint density at radius 3 is 2.23 bits per heavy atom. The minimum absolute atomic E-state index is 0.184. The van der Waals surface area contributed by atoms with Crippen LogP contribution in [0, 0.1) is 6.92 Å². The summed E-state index contributed by atoms with van der Waals surface area (Å²) in [7, 11) is -1.98. The van der Waals surface area contributed by atoms with Gasteiger partial charge in [0.2, 0.25) is 15.9 Å². The van der Waals surface area contributed by atoms with Gasteiger partial charge in [-0.25, -0.2) is 8.42 Å². The van der Waals surface area contributed by atoms with Gasteiger partial charge in [0.1, 0.15) is 11.8 Å². The zero-order valence-electron chi connectivity index (χ0n) is 17.9. The molecule has 1 heterocycles. The van der Waals surface area contributed by atoms with Crippen molar-refractivity contribution < 1.29 is 17.9 Å². The predicted octanol–water partition coefficient (Wildman–Crippen LogP) is 2.51. The highest BCUT2D eigenvalue weighted by atomic mass is 32.2. The van der Waals surface area contributed by atoms with Crippen molar-refractivity contribution in [2.45, 2.75) is 19.9 Å². The second kappa shape index (κ2) is 8.95. The van der Waals surface area contributed by atoms with Gasteiger partial charge in [-0.1, -0.05) is 12.1 Å². The normalized spacial score (nSPS) is 15.6. The zero-order chi connectivity index (χ0) is 21.9. The predicted molar refractivity (Wildman–Crippen MR) is 120 cm³/mol. The first-order valence-electron chi connectivity index (χ1n) is 9.94. The fourth-order valence-electron chi connectivity index (χ4n) is 3.81. The van der Waals surface area contributed by atoms with E-state index in [0.717, 1.165) is 23.3 Å². The number of carbonyl (C=O) groups excluding carboxylic acids is 1. The smallest absolute Gasteiger partial charge is 0.246 e. The molecule has 162 valence electrons. The van der Waals surface area contributed by atoms with E-state index in [9.17, 15) is 13.2 Å². The minimum atomic E-state index is -3.61. The van der Waals surface area contributed by atoms with Crippen LogP contribution in [0.15, 0.2) is 48.5 Å². The van der Waals surface area contributed by atoms with Crippen molar-refractivity contribution in [1.29, 1.82) is 0 Å². The first kappa shape index (κ1) is 22.0. The number of piperazine rings is 1. The first-order valence-corrected chi connectivity index (χ1v) is 11.8. The number of methoxy groups -OCH3 is 1. The van der Waals surface area contributed by atoms with Gasteiger partial charge in [0.15, 0.2) is 0 Å². The van der Waals surface area contributed by atoms with E-state index in [0.29, 0.717) is 31.9 Å². The molecule has 1 unspecified atom stereocenters. The summed E-state index contributed by atoms with van der Waals surface area (Å²) in [6, 6.07) is 14.2. The highest BCUT2D eigenvalue weighted by molar-refractivity contribution is 7.92. The standard InChI is InChI=1S/C22H29N3O4S/c1-17-6-5-7-20(16-17)25(30(4,27)28)18(2)22(26)24-14-12-23(13-15-24)19-8-10-21(29-3)11-9-19/h5-11,16,18H,12-15H2,1-4H3. The Kier molecular flexibility index (Phi) is 6.55. The lowest BCUT2D eigenvalue weighted by molar-refractivity contribution is -0.132. The number of rotatable bonds is 6. The number of nitrogens with zero attached hydrogens (tertiary/aromatic N) is 3. The second-order valence-electron chi connectivity index (χ2n) is 7.58. The van der Waals surface area contributed by atoms with Crippen molar-refractivity contribution in [3.05, 3.63) is 54.1 Å². The summed E-state index contributed by atoms with van der Waals surface area (Å²) in [5, 5.41) is 0. The minimum Gasteiger partial charge on any atom is -0.497 e. The molecular formula is C22H29N3O4S. The third-order valence-electron chi connectivity index (χ3n) is 5.35. The molecule has 0 bridgehead atoms. The molecule has 30 heavy (non-hydrogen) atoms. The lowest BCUT2D eigenvalue weighted by Crippen LogP contribution is -2.55. The lowest BCUT2D eigenvalue weighted by atomic mass is 10.2. The van der Waals surface area contributed by atoms with E-state index < -0.39 is 16.1 Å². The van der Waals surface area contributed by atoms with Gasteiger partial charge in [-0.3, -0.25) is 9.10 Å². The summed E-state index contributed by atoms with van der Waals surface area (Å²) in [6.07, 6.45) is 1.14. The average molecular weight is 432 g/mol. The summed E-state index contributed by atoms with van der Waals surface area (Å²) >= 11 is 0. The van der Waals surface area contributed by atoms with Crippen molar-refractivity contribution in [2.24, 2.45) is 0 Å². The number of hydrogen-bond acceptors (Lipinski definition) is 5. The molecule has 2 aromatic carbocycles. The Balaban J connectivity index is 1.71. The van der Waals surface area contributed by atoms with Crippen LogP contribution in [0.3, 0.4) is 0 Å². The third kappa shape index (κ3) is 4.87. The van der Waals surface area contributed by atoms with E-state index in [1.807, 2.05) is 37.3 Å². The number of anilines is 2. The molecule has 1 fully saturated rings. The SMILES string of the molecule is COc1ccc(N2CCN(C(=O)C(C)N(c3cccc(C)c3)S(C)(=O)=O)CC2)cc1. The molecule has 2 aromatic rings. The molecule has 1 atom stereocenters. The van der Waals surface area contributed by atoms with Gasteiger partial charge >= 0.3 is 0 Å². The number of hydrogen-bond donors (Lipinski definition) is 0. The molecule has 0 N–H and O–H groups in total. The second-order valence-corrected chi connectivity index (χ2v) is 9.44. The van der Waals surface area contributed by atoms with Gasteiger partial charge in [-0.05, 0) is 55.8 Å². The highest BCUT2D eigenvalue weighted by Crippen LogP contribution is 2.24. The Morgan fingerprint density at radius 1 is 1.07 bits per heavy atom. The van der Waals surface area contributed by atoms with Crippen molar-refractivity contribution in [1.82, 2.24) is 4.90 Å². The number of carbonyl (C=O) groups is 1. The molecule has 0 aromatic heterocycles. The Morgan fingerprint density at radius 2 is 1.70 bits per heavy atom. The summed E-state index contributed by atoms with van der Waals surface area (Å²) in [5.74, 6) is 0.620. The molecule has 0 saturated carbocycles. The van der Waals surface area contributed by atoms with Crippen LogP contribution in [0.2, 0.25) is 0 Å². The van der Waals surface area contributed by atoms with Gasteiger partial charge in [-0.2, -0.15) is 0 Å². The van der Waals surface area contributed by atoms with Gasteiger partial charge in [0, 0.05) is 31.9 Å². The van der Waals surface area contributed by atoms with Crippen LogP contribution in [-0.2, 0) is 14.8 Å². The molecular weight excluding hydrogens is 402 g/mol. The zero-order valence-corrected chi connectivity index (χ0v) is 18.7. The number of amides is 1. The van der Waals surface area contributed by atoms with Crippen LogP contribution in [0.4, 0.5) is 11.4 Å². The molecule has 1 aliphatic rings. The lowest BCUT2D eigenvalue weighted by Gasteiger charge is -2.39. The Hall–Kier alpha value is -2.74. The van der Waals surface area contributed by atoms with Gasteiger partial charge in [0.05, 0.1) is 19.1 Å².